The summed E-state index contributed by atoms with van der Waals surface area (Å²) >= 11 is 0. The molecular weight excluding hydrogens is 206 g/mol. The first-order valence-electron chi connectivity index (χ1n) is 5.14. The number of phenolic OH excluding ortho intramolecular Hbond substituents is 1. The predicted octanol–water partition coefficient (Wildman–Crippen LogP) is 0.969. The molecule has 5 nitrogen and oxygen atoms in total. The van der Waals surface area contributed by atoms with Gasteiger partial charge in [-0.15, -0.1) is 0 Å². The lowest BCUT2D eigenvalue weighted by Gasteiger charge is -2.27. The average molecular weight is 225 g/mol. The summed E-state index contributed by atoms with van der Waals surface area (Å²) < 4.78 is 5.26. The van der Waals surface area contributed by atoms with Gasteiger partial charge in [-0.25, -0.2) is 0 Å². The highest BCUT2D eigenvalue weighted by Gasteiger charge is 2.14. The van der Waals surface area contributed by atoms with Gasteiger partial charge in [-0.05, 0) is 12.1 Å². The number of morpholine rings is 1. The van der Waals surface area contributed by atoms with E-state index in [2.05, 4.69) is 4.90 Å². The van der Waals surface area contributed by atoms with Gasteiger partial charge in [-0.2, -0.15) is 0 Å². The Morgan fingerprint density at radius 2 is 2.00 bits per heavy atom. The number of benzene rings is 1. The summed E-state index contributed by atoms with van der Waals surface area (Å²) in [6, 6.07) is 5.25. The molecule has 1 fully saturated rings. The summed E-state index contributed by atoms with van der Waals surface area (Å²) in [6.45, 7) is 4.00. The molecule has 0 aliphatic carbocycles. The zero-order chi connectivity index (χ0) is 10.7. The Hall–Kier alpha value is -1.30. The van der Waals surface area contributed by atoms with Gasteiger partial charge in [0.2, 0.25) is 0 Å². The molecule has 0 saturated carbocycles. The van der Waals surface area contributed by atoms with Crippen molar-refractivity contribution in [3.63, 3.8) is 0 Å². The van der Waals surface area contributed by atoms with Crippen LogP contribution in [0.25, 0.3) is 0 Å². The number of nitrogen functional groups attached to an aromatic ring is 1. The van der Waals surface area contributed by atoms with E-state index in [1.54, 1.807) is 12.1 Å². The van der Waals surface area contributed by atoms with Crippen molar-refractivity contribution in [1.29, 1.82) is 0 Å². The highest BCUT2D eigenvalue weighted by Crippen LogP contribution is 2.24. The van der Waals surface area contributed by atoms with Crippen LogP contribution >= 0.6 is 0 Å². The number of nitrogens with two attached hydrogens (primary N) is 1. The number of phenols is 1. The smallest absolute Gasteiger partial charge is 0.122 e. The van der Waals surface area contributed by atoms with Crippen LogP contribution in [0.15, 0.2) is 18.2 Å². The van der Waals surface area contributed by atoms with Gasteiger partial charge in [0.25, 0.3) is 0 Å². The molecule has 0 spiro atoms. The van der Waals surface area contributed by atoms with Gasteiger partial charge in [0.15, 0.2) is 0 Å². The van der Waals surface area contributed by atoms with Crippen molar-refractivity contribution >= 4 is 5.69 Å². The molecule has 1 saturated heterocycles. The molecule has 6 N–H and O–H groups in total. The standard InChI is InChI=1S/C11H16N2O2.H3N/c12-10-2-1-3-11(14)9(10)8-13-4-6-15-7-5-13;/h1-3,14H,4-8,12H2;1H3. The molecule has 0 unspecified atom stereocenters. The van der Waals surface area contributed by atoms with E-state index in [0.29, 0.717) is 12.2 Å². The molecule has 0 radical (unpaired) electrons. The van der Waals surface area contributed by atoms with Crippen LogP contribution < -0.4 is 11.9 Å². The van der Waals surface area contributed by atoms with Crippen LogP contribution in [0.1, 0.15) is 5.56 Å². The Morgan fingerprint density at radius 3 is 2.62 bits per heavy atom. The van der Waals surface area contributed by atoms with Crippen molar-refractivity contribution in [2.45, 2.75) is 6.54 Å². The quantitative estimate of drug-likeness (QED) is 0.652. The molecule has 1 aliphatic heterocycles. The molecule has 16 heavy (non-hydrogen) atoms. The Kier molecular flexibility index (Phi) is 4.54. The third-order valence-electron chi connectivity index (χ3n) is 2.67. The zero-order valence-electron chi connectivity index (χ0n) is 9.35. The topological polar surface area (TPSA) is 93.7 Å². The minimum atomic E-state index is 0. The maximum Gasteiger partial charge on any atom is 0.122 e. The highest BCUT2D eigenvalue weighted by molar-refractivity contribution is 5.53. The molecule has 1 heterocycles. The molecule has 1 aromatic rings. The Morgan fingerprint density at radius 1 is 1.31 bits per heavy atom. The fourth-order valence-corrected chi connectivity index (χ4v) is 1.75. The second-order valence-corrected chi connectivity index (χ2v) is 3.73. The van der Waals surface area contributed by atoms with Gasteiger partial charge in [-0.3, -0.25) is 4.90 Å². The summed E-state index contributed by atoms with van der Waals surface area (Å²) in [5.41, 5.74) is 7.29. The molecule has 1 aliphatic rings. The molecule has 2 rings (SSSR count). The highest BCUT2D eigenvalue weighted by atomic mass is 16.5. The third-order valence-corrected chi connectivity index (χ3v) is 2.67. The van der Waals surface area contributed by atoms with Crippen LogP contribution in [-0.2, 0) is 11.3 Å². The monoisotopic (exact) mass is 225 g/mol. The number of aromatic hydroxyl groups is 1. The summed E-state index contributed by atoms with van der Waals surface area (Å²) in [5.74, 6) is 0.279. The predicted molar refractivity (Wildman–Crippen MR) is 63.6 cm³/mol. The van der Waals surface area contributed by atoms with Crippen LogP contribution in [0.3, 0.4) is 0 Å². The molecule has 90 valence electrons. The number of rotatable bonds is 2. The molecular formula is C11H19N3O2. The SMILES string of the molecule is N.Nc1cccc(O)c1CN1CCOCC1. The third kappa shape index (κ3) is 2.85. The van der Waals surface area contributed by atoms with Crippen molar-refractivity contribution in [3.05, 3.63) is 23.8 Å². The first-order valence-corrected chi connectivity index (χ1v) is 5.14. The van der Waals surface area contributed by atoms with E-state index in [0.717, 1.165) is 31.9 Å². The lowest BCUT2D eigenvalue weighted by Crippen LogP contribution is -2.35. The Labute approximate surface area is 95.4 Å². The fourth-order valence-electron chi connectivity index (χ4n) is 1.75. The van der Waals surface area contributed by atoms with Crippen molar-refractivity contribution in [3.8, 4) is 5.75 Å². The molecule has 0 amide bonds. The normalized spacial score (nSPS) is 16.8. The van der Waals surface area contributed by atoms with Crippen LogP contribution in [0.4, 0.5) is 5.69 Å². The first kappa shape index (κ1) is 12.8. The molecule has 0 bridgehead atoms. The van der Waals surface area contributed by atoms with Gasteiger partial charge in [0.05, 0.1) is 13.2 Å². The Bertz CT molecular complexity index is 318. The van der Waals surface area contributed by atoms with Gasteiger partial charge in [0, 0.05) is 30.9 Å². The Balaban J connectivity index is 0.00000128. The minimum Gasteiger partial charge on any atom is -0.508 e. The number of hydrogen-bond acceptors (Lipinski definition) is 5. The van der Waals surface area contributed by atoms with Crippen LogP contribution in [-0.4, -0.2) is 36.3 Å². The lowest BCUT2D eigenvalue weighted by molar-refractivity contribution is 0.0340. The van der Waals surface area contributed by atoms with Crippen molar-refractivity contribution in [2.75, 3.05) is 32.0 Å². The van der Waals surface area contributed by atoms with E-state index in [-0.39, 0.29) is 11.9 Å². The molecule has 0 atom stereocenters. The van der Waals surface area contributed by atoms with E-state index < -0.39 is 0 Å². The van der Waals surface area contributed by atoms with Gasteiger partial charge in [-0.1, -0.05) is 6.07 Å². The van der Waals surface area contributed by atoms with Gasteiger partial charge in [0.1, 0.15) is 5.75 Å². The maximum atomic E-state index is 9.68. The zero-order valence-corrected chi connectivity index (χ0v) is 9.35. The number of hydrogen-bond donors (Lipinski definition) is 3. The number of anilines is 1. The summed E-state index contributed by atoms with van der Waals surface area (Å²) in [4.78, 5) is 2.23. The largest absolute Gasteiger partial charge is 0.508 e. The molecule has 5 heteroatoms. The van der Waals surface area contributed by atoms with E-state index in [1.807, 2.05) is 6.07 Å². The summed E-state index contributed by atoms with van der Waals surface area (Å²) in [5, 5.41) is 9.68. The van der Waals surface area contributed by atoms with E-state index in [1.165, 1.54) is 0 Å². The first-order chi connectivity index (χ1) is 7.27. The van der Waals surface area contributed by atoms with Gasteiger partial charge >= 0.3 is 0 Å². The number of nitrogens with zero attached hydrogens (tertiary/aromatic N) is 1. The van der Waals surface area contributed by atoms with Gasteiger partial charge < -0.3 is 21.7 Å². The van der Waals surface area contributed by atoms with Crippen LogP contribution in [0, 0.1) is 0 Å². The van der Waals surface area contributed by atoms with E-state index in [4.69, 9.17) is 10.5 Å². The summed E-state index contributed by atoms with van der Waals surface area (Å²) in [6.07, 6.45) is 0. The summed E-state index contributed by atoms with van der Waals surface area (Å²) in [7, 11) is 0. The van der Waals surface area contributed by atoms with Crippen molar-refractivity contribution in [1.82, 2.24) is 11.1 Å². The second-order valence-electron chi connectivity index (χ2n) is 3.73. The second kappa shape index (κ2) is 5.69. The number of ether oxygens (including phenoxy) is 1. The molecule has 0 aromatic heterocycles. The average Bonchev–Trinajstić information content (AvgIpc) is 2.25. The van der Waals surface area contributed by atoms with E-state index in [9.17, 15) is 5.11 Å². The minimum absolute atomic E-state index is 0. The maximum absolute atomic E-state index is 9.68. The van der Waals surface area contributed by atoms with E-state index >= 15 is 0 Å². The molecule has 1 aromatic carbocycles. The lowest BCUT2D eigenvalue weighted by atomic mass is 10.1. The van der Waals surface area contributed by atoms with Crippen molar-refractivity contribution < 1.29 is 9.84 Å². The van der Waals surface area contributed by atoms with Crippen LogP contribution in [0.2, 0.25) is 0 Å². The van der Waals surface area contributed by atoms with Crippen molar-refractivity contribution in [2.24, 2.45) is 0 Å². The fraction of sp³-hybridized carbons (Fsp3) is 0.455. The van der Waals surface area contributed by atoms with Crippen LogP contribution in [0.5, 0.6) is 5.75 Å².